The summed E-state index contributed by atoms with van der Waals surface area (Å²) in [7, 11) is 1.41. The van der Waals surface area contributed by atoms with Crippen molar-refractivity contribution >= 4 is 17.3 Å². The number of ether oxygens (including phenoxy) is 1. The summed E-state index contributed by atoms with van der Waals surface area (Å²) in [6, 6.07) is 10.5. The van der Waals surface area contributed by atoms with Crippen LogP contribution < -0.4 is 0 Å². The van der Waals surface area contributed by atoms with Crippen molar-refractivity contribution in [3.05, 3.63) is 52.0 Å². The van der Waals surface area contributed by atoms with Crippen molar-refractivity contribution in [3.63, 3.8) is 0 Å². The zero-order valence-electron chi connectivity index (χ0n) is 11.7. The molecule has 0 saturated carbocycles. The minimum atomic E-state index is -0.204. The summed E-state index contributed by atoms with van der Waals surface area (Å²) in [6.45, 7) is 0. The van der Waals surface area contributed by atoms with E-state index in [1.54, 1.807) is 17.5 Å². The zero-order valence-corrected chi connectivity index (χ0v) is 12.5. The van der Waals surface area contributed by atoms with Crippen LogP contribution >= 0.6 is 11.3 Å². The van der Waals surface area contributed by atoms with E-state index in [1.807, 2.05) is 6.07 Å². The van der Waals surface area contributed by atoms with E-state index in [0.717, 1.165) is 35.6 Å². The lowest BCUT2D eigenvalue weighted by atomic mass is 10.1. The first-order valence-corrected chi connectivity index (χ1v) is 7.64. The van der Waals surface area contributed by atoms with Crippen LogP contribution in [0.3, 0.4) is 0 Å². The molecule has 1 aromatic carbocycles. The predicted molar refractivity (Wildman–Crippen MR) is 80.9 cm³/mol. The van der Waals surface area contributed by atoms with Gasteiger partial charge < -0.3 is 4.74 Å². The van der Waals surface area contributed by atoms with E-state index in [4.69, 9.17) is 0 Å². The summed E-state index contributed by atoms with van der Waals surface area (Å²) < 4.78 is 4.65. The van der Waals surface area contributed by atoms with Crippen molar-refractivity contribution < 1.29 is 9.53 Å². The highest BCUT2D eigenvalue weighted by molar-refractivity contribution is 7.11. The number of esters is 1. The second-order valence-corrected chi connectivity index (χ2v) is 5.87. The number of unbranched alkanes of at least 4 members (excludes halogenated alkanes) is 1. The summed E-state index contributed by atoms with van der Waals surface area (Å²) in [6.07, 6.45) is 6.50. The Morgan fingerprint density at radius 3 is 2.70 bits per heavy atom. The molecular weight excluding hydrogens is 270 g/mol. The molecule has 20 heavy (non-hydrogen) atoms. The first-order chi connectivity index (χ1) is 9.78. The smallest absolute Gasteiger partial charge is 0.310 e. The Morgan fingerprint density at radius 2 is 1.95 bits per heavy atom. The van der Waals surface area contributed by atoms with Gasteiger partial charge in [-0.1, -0.05) is 30.3 Å². The molecule has 0 spiro atoms. The Bertz CT molecular complexity index is 536. The van der Waals surface area contributed by atoms with Gasteiger partial charge in [0.15, 0.2) is 0 Å². The van der Waals surface area contributed by atoms with Crippen molar-refractivity contribution in [3.8, 4) is 0 Å². The van der Waals surface area contributed by atoms with Crippen molar-refractivity contribution in [2.24, 2.45) is 0 Å². The molecule has 0 aliphatic heterocycles. The minimum absolute atomic E-state index is 0.204. The number of carbonyl (C=O) groups excluding carboxylic acids is 1. The molecule has 2 rings (SSSR count). The molecule has 0 atom stereocenters. The molecule has 1 aromatic heterocycles. The summed E-state index contributed by atoms with van der Waals surface area (Å²) in [5.74, 6) is -0.204. The van der Waals surface area contributed by atoms with Gasteiger partial charge in [-0.3, -0.25) is 4.79 Å². The SMILES string of the molecule is COC(=O)Cc1cnc(CCCCc2ccccc2)s1. The Morgan fingerprint density at radius 1 is 1.20 bits per heavy atom. The van der Waals surface area contributed by atoms with Gasteiger partial charge in [0, 0.05) is 11.1 Å². The molecule has 1 heterocycles. The standard InChI is InChI=1S/C16H19NO2S/c1-19-16(18)11-14-12-17-15(20-14)10-6-5-9-13-7-3-2-4-8-13/h2-4,7-8,12H,5-6,9-11H2,1H3. The van der Waals surface area contributed by atoms with Crippen molar-refractivity contribution in [2.75, 3.05) is 7.11 Å². The molecule has 0 fully saturated rings. The molecule has 0 aliphatic rings. The molecular formula is C16H19NO2S. The minimum Gasteiger partial charge on any atom is -0.469 e. The third-order valence-corrected chi connectivity index (χ3v) is 4.15. The van der Waals surface area contributed by atoms with Gasteiger partial charge in [-0.15, -0.1) is 11.3 Å². The van der Waals surface area contributed by atoms with E-state index in [-0.39, 0.29) is 5.97 Å². The van der Waals surface area contributed by atoms with Gasteiger partial charge in [0.1, 0.15) is 0 Å². The lowest BCUT2D eigenvalue weighted by Crippen LogP contribution is -2.02. The normalized spacial score (nSPS) is 10.4. The fourth-order valence-corrected chi connectivity index (χ4v) is 2.96. The third-order valence-electron chi connectivity index (χ3n) is 3.10. The Kier molecular flexibility index (Phi) is 5.74. The number of aromatic nitrogens is 1. The fourth-order valence-electron chi connectivity index (χ4n) is 2.01. The van der Waals surface area contributed by atoms with Crippen LogP contribution in [0.1, 0.15) is 28.3 Å². The van der Waals surface area contributed by atoms with E-state index in [0.29, 0.717) is 6.42 Å². The van der Waals surface area contributed by atoms with Gasteiger partial charge in [-0.05, 0) is 31.2 Å². The van der Waals surface area contributed by atoms with E-state index in [9.17, 15) is 4.79 Å². The number of nitrogens with zero attached hydrogens (tertiary/aromatic N) is 1. The zero-order chi connectivity index (χ0) is 14.2. The molecule has 4 heteroatoms. The van der Waals surface area contributed by atoms with E-state index < -0.39 is 0 Å². The lowest BCUT2D eigenvalue weighted by Gasteiger charge is -2.00. The molecule has 0 saturated heterocycles. The van der Waals surface area contributed by atoms with Crippen LogP contribution in [0.2, 0.25) is 0 Å². The average molecular weight is 289 g/mol. The van der Waals surface area contributed by atoms with Crippen LogP contribution in [0, 0.1) is 0 Å². The number of hydrogen-bond acceptors (Lipinski definition) is 4. The molecule has 3 nitrogen and oxygen atoms in total. The highest BCUT2D eigenvalue weighted by Gasteiger charge is 2.07. The van der Waals surface area contributed by atoms with Gasteiger partial charge >= 0.3 is 5.97 Å². The highest BCUT2D eigenvalue weighted by atomic mass is 32.1. The first kappa shape index (κ1) is 14.7. The van der Waals surface area contributed by atoms with Gasteiger partial charge in [0.05, 0.1) is 18.5 Å². The highest BCUT2D eigenvalue weighted by Crippen LogP contribution is 2.17. The second-order valence-electron chi connectivity index (χ2n) is 4.67. The van der Waals surface area contributed by atoms with Gasteiger partial charge in [-0.25, -0.2) is 4.98 Å². The Labute approximate surface area is 123 Å². The monoisotopic (exact) mass is 289 g/mol. The number of methoxy groups -OCH3 is 1. The predicted octanol–water partition coefficient (Wildman–Crippen LogP) is 3.42. The number of rotatable bonds is 7. The van der Waals surface area contributed by atoms with Crippen LogP contribution in [0.15, 0.2) is 36.5 Å². The molecule has 0 N–H and O–H groups in total. The van der Waals surface area contributed by atoms with Crippen LogP contribution in [0.4, 0.5) is 0 Å². The number of benzene rings is 1. The van der Waals surface area contributed by atoms with Gasteiger partial charge in [-0.2, -0.15) is 0 Å². The number of thiazole rings is 1. The number of hydrogen-bond donors (Lipinski definition) is 0. The summed E-state index contributed by atoms with van der Waals surface area (Å²) in [5, 5.41) is 1.11. The maximum absolute atomic E-state index is 11.2. The second kappa shape index (κ2) is 7.80. The molecule has 0 aliphatic carbocycles. The Hall–Kier alpha value is -1.68. The summed E-state index contributed by atoms with van der Waals surface area (Å²) in [4.78, 5) is 16.5. The topological polar surface area (TPSA) is 39.2 Å². The van der Waals surface area contributed by atoms with E-state index in [1.165, 1.54) is 12.7 Å². The third kappa shape index (κ3) is 4.78. The van der Waals surface area contributed by atoms with Crippen LogP contribution in [0.5, 0.6) is 0 Å². The lowest BCUT2D eigenvalue weighted by molar-refractivity contribution is -0.139. The molecule has 0 unspecified atom stereocenters. The fraction of sp³-hybridized carbons (Fsp3) is 0.375. The van der Waals surface area contributed by atoms with Crippen LogP contribution in [0.25, 0.3) is 0 Å². The van der Waals surface area contributed by atoms with Crippen molar-refractivity contribution in [1.29, 1.82) is 0 Å². The van der Waals surface area contributed by atoms with Gasteiger partial charge in [0.25, 0.3) is 0 Å². The molecule has 2 aromatic rings. The maximum Gasteiger partial charge on any atom is 0.310 e. The molecule has 0 amide bonds. The maximum atomic E-state index is 11.2. The van der Waals surface area contributed by atoms with Crippen molar-refractivity contribution in [2.45, 2.75) is 32.1 Å². The van der Waals surface area contributed by atoms with E-state index in [2.05, 4.69) is 34.0 Å². The Balaban J connectivity index is 1.70. The summed E-state index contributed by atoms with van der Waals surface area (Å²) in [5.41, 5.74) is 1.39. The largest absolute Gasteiger partial charge is 0.469 e. The van der Waals surface area contributed by atoms with E-state index >= 15 is 0 Å². The van der Waals surface area contributed by atoms with Crippen LogP contribution in [-0.2, 0) is 28.8 Å². The molecule has 0 bridgehead atoms. The molecule has 0 radical (unpaired) electrons. The van der Waals surface area contributed by atoms with Gasteiger partial charge in [0.2, 0.25) is 0 Å². The first-order valence-electron chi connectivity index (χ1n) is 6.82. The number of carbonyl (C=O) groups is 1. The molecule has 106 valence electrons. The number of aryl methyl sites for hydroxylation is 2. The summed E-state index contributed by atoms with van der Waals surface area (Å²) >= 11 is 1.61. The van der Waals surface area contributed by atoms with Crippen LogP contribution in [-0.4, -0.2) is 18.1 Å². The quantitative estimate of drug-likeness (QED) is 0.579. The average Bonchev–Trinajstić information content (AvgIpc) is 2.92. The van der Waals surface area contributed by atoms with Crippen molar-refractivity contribution in [1.82, 2.24) is 4.98 Å².